The standard InChI is InChI=1S/C12H20N2/c1-4-10(3)12(14-13)11-7-5-6-9(2)8-11/h5-8,10,12,14H,4,13H2,1-3H3. The van der Waals surface area contributed by atoms with Gasteiger partial charge in [-0.1, -0.05) is 50.1 Å². The minimum Gasteiger partial charge on any atom is -0.271 e. The van der Waals surface area contributed by atoms with Crippen molar-refractivity contribution in [3.63, 3.8) is 0 Å². The SMILES string of the molecule is CCC(C)C(NN)c1cccc(C)c1. The Morgan fingerprint density at radius 2 is 2.14 bits per heavy atom. The van der Waals surface area contributed by atoms with E-state index in [1.54, 1.807) is 0 Å². The topological polar surface area (TPSA) is 38.0 Å². The van der Waals surface area contributed by atoms with E-state index in [1.807, 2.05) is 0 Å². The van der Waals surface area contributed by atoms with Gasteiger partial charge in [-0.15, -0.1) is 0 Å². The average molecular weight is 192 g/mol. The van der Waals surface area contributed by atoms with E-state index in [0.29, 0.717) is 5.92 Å². The van der Waals surface area contributed by atoms with Crippen LogP contribution >= 0.6 is 0 Å². The summed E-state index contributed by atoms with van der Waals surface area (Å²) in [7, 11) is 0. The quantitative estimate of drug-likeness (QED) is 0.568. The van der Waals surface area contributed by atoms with Crippen molar-refractivity contribution >= 4 is 0 Å². The summed E-state index contributed by atoms with van der Waals surface area (Å²) in [6.07, 6.45) is 1.13. The number of hydrogen-bond acceptors (Lipinski definition) is 2. The number of aryl methyl sites for hydroxylation is 1. The molecule has 0 aromatic heterocycles. The van der Waals surface area contributed by atoms with E-state index in [2.05, 4.69) is 50.5 Å². The second-order valence-electron chi connectivity index (χ2n) is 3.94. The van der Waals surface area contributed by atoms with Gasteiger partial charge in [0.05, 0.1) is 0 Å². The number of nitrogens with one attached hydrogen (secondary N) is 1. The third-order valence-corrected chi connectivity index (χ3v) is 2.79. The van der Waals surface area contributed by atoms with E-state index in [0.717, 1.165) is 6.42 Å². The summed E-state index contributed by atoms with van der Waals surface area (Å²) in [5, 5.41) is 0. The molecule has 0 saturated carbocycles. The minimum absolute atomic E-state index is 0.264. The first-order valence-corrected chi connectivity index (χ1v) is 5.21. The maximum absolute atomic E-state index is 5.58. The van der Waals surface area contributed by atoms with Crippen LogP contribution in [0.5, 0.6) is 0 Å². The van der Waals surface area contributed by atoms with Crippen LogP contribution in [0.3, 0.4) is 0 Å². The third-order valence-electron chi connectivity index (χ3n) is 2.79. The van der Waals surface area contributed by atoms with Gasteiger partial charge in [0.15, 0.2) is 0 Å². The van der Waals surface area contributed by atoms with Gasteiger partial charge in [-0.25, -0.2) is 0 Å². The fraction of sp³-hybridized carbons (Fsp3) is 0.500. The normalized spacial score (nSPS) is 15.1. The second-order valence-corrected chi connectivity index (χ2v) is 3.94. The molecule has 0 aliphatic rings. The van der Waals surface area contributed by atoms with Gasteiger partial charge < -0.3 is 0 Å². The molecule has 2 unspecified atom stereocenters. The Kier molecular flexibility index (Phi) is 4.11. The van der Waals surface area contributed by atoms with Crippen molar-refractivity contribution in [1.29, 1.82) is 0 Å². The molecule has 1 rings (SSSR count). The summed E-state index contributed by atoms with van der Waals surface area (Å²) >= 11 is 0. The lowest BCUT2D eigenvalue weighted by Crippen LogP contribution is -2.32. The summed E-state index contributed by atoms with van der Waals surface area (Å²) in [6, 6.07) is 8.77. The maximum Gasteiger partial charge on any atom is 0.0485 e. The van der Waals surface area contributed by atoms with Gasteiger partial charge in [-0.2, -0.15) is 0 Å². The predicted octanol–water partition coefficient (Wildman–Crippen LogP) is 2.55. The Hall–Kier alpha value is -0.860. The molecule has 0 aliphatic carbocycles. The molecule has 0 aliphatic heterocycles. The van der Waals surface area contributed by atoms with E-state index >= 15 is 0 Å². The van der Waals surface area contributed by atoms with Crippen molar-refractivity contribution in [2.24, 2.45) is 11.8 Å². The molecule has 1 aromatic carbocycles. The molecule has 0 saturated heterocycles. The lowest BCUT2D eigenvalue weighted by Gasteiger charge is -2.22. The van der Waals surface area contributed by atoms with E-state index in [1.165, 1.54) is 11.1 Å². The molecule has 2 atom stereocenters. The minimum atomic E-state index is 0.264. The van der Waals surface area contributed by atoms with E-state index in [9.17, 15) is 0 Å². The molecule has 0 radical (unpaired) electrons. The van der Waals surface area contributed by atoms with Crippen LogP contribution in [0, 0.1) is 12.8 Å². The first-order chi connectivity index (χ1) is 6.69. The third kappa shape index (κ3) is 2.56. The molecule has 78 valence electrons. The average Bonchev–Trinajstić information content (AvgIpc) is 2.19. The largest absolute Gasteiger partial charge is 0.271 e. The fourth-order valence-corrected chi connectivity index (χ4v) is 1.69. The van der Waals surface area contributed by atoms with Crippen LogP contribution < -0.4 is 11.3 Å². The number of rotatable bonds is 4. The number of nitrogens with two attached hydrogens (primary N) is 1. The maximum atomic E-state index is 5.58. The van der Waals surface area contributed by atoms with Crippen molar-refractivity contribution < 1.29 is 0 Å². The molecule has 0 bridgehead atoms. The van der Waals surface area contributed by atoms with E-state index in [-0.39, 0.29) is 6.04 Å². The monoisotopic (exact) mass is 192 g/mol. The summed E-state index contributed by atoms with van der Waals surface area (Å²) in [6.45, 7) is 6.51. The van der Waals surface area contributed by atoms with Crippen LogP contribution in [-0.4, -0.2) is 0 Å². The Morgan fingerprint density at radius 1 is 1.43 bits per heavy atom. The highest BCUT2D eigenvalue weighted by Crippen LogP contribution is 2.23. The van der Waals surface area contributed by atoms with Crippen molar-refractivity contribution in [2.75, 3.05) is 0 Å². The number of benzene rings is 1. The van der Waals surface area contributed by atoms with Gasteiger partial charge in [0.25, 0.3) is 0 Å². The highest BCUT2D eigenvalue weighted by atomic mass is 15.2. The van der Waals surface area contributed by atoms with Gasteiger partial charge in [-0.05, 0) is 18.4 Å². The lowest BCUT2D eigenvalue weighted by molar-refractivity contribution is 0.383. The molecule has 0 amide bonds. The molecule has 2 nitrogen and oxygen atoms in total. The van der Waals surface area contributed by atoms with Gasteiger partial charge in [-0.3, -0.25) is 11.3 Å². The van der Waals surface area contributed by atoms with Gasteiger partial charge in [0.1, 0.15) is 0 Å². The summed E-state index contributed by atoms with van der Waals surface area (Å²) in [4.78, 5) is 0. The molecule has 0 heterocycles. The van der Waals surface area contributed by atoms with E-state index in [4.69, 9.17) is 5.84 Å². The predicted molar refractivity (Wildman–Crippen MR) is 60.7 cm³/mol. The first kappa shape index (κ1) is 11.2. The van der Waals surface area contributed by atoms with Crippen molar-refractivity contribution in [3.8, 4) is 0 Å². The van der Waals surface area contributed by atoms with Crippen molar-refractivity contribution in [1.82, 2.24) is 5.43 Å². The number of hydrogen-bond donors (Lipinski definition) is 2. The highest BCUT2D eigenvalue weighted by molar-refractivity contribution is 5.25. The highest BCUT2D eigenvalue weighted by Gasteiger charge is 2.15. The number of hydrazine groups is 1. The molecule has 1 aromatic rings. The molecular formula is C12H20N2. The van der Waals surface area contributed by atoms with Crippen LogP contribution in [0.2, 0.25) is 0 Å². The molecule has 0 spiro atoms. The molecule has 0 fully saturated rings. The van der Waals surface area contributed by atoms with Crippen LogP contribution in [0.1, 0.15) is 37.4 Å². The Morgan fingerprint density at radius 3 is 2.64 bits per heavy atom. The van der Waals surface area contributed by atoms with Crippen LogP contribution in [0.15, 0.2) is 24.3 Å². The van der Waals surface area contributed by atoms with Crippen molar-refractivity contribution in [3.05, 3.63) is 35.4 Å². The molecule has 2 heteroatoms. The zero-order valence-electron chi connectivity index (χ0n) is 9.25. The molecule has 3 N–H and O–H groups in total. The summed E-state index contributed by atoms with van der Waals surface area (Å²) < 4.78 is 0. The smallest absolute Gasteiger partial charge is 0.0485 e. The summed E-state index contributed by atoms with van der Waals surface area (Å²) in [5.41, 5.74) is 5.46. The zero-order valence-corrected chi connectivity index (χ0v) is 9.25. The zero-order chi connectivity index (χ0) is 10.6. The second kappa shape index (κ2) is 5.13. The van der Waals surface area contributed by atoms with Crippen LogP contribution in [-0.2, 0) is 0 Å². The Labute approximate surface area is 86.5 Å². The van der Waals surface area contributed by atoms with Crippen molar-refractivity contribution in [2.45, 2.75) is 33.2 Å². The fourth-order valence-electron chi connectivity index (χ4n) is 1.69. The van der Waals surface area contributed by atoms with E-state index < -0.39 is 0 Å². The van der Waals surface area contributed by atoms with Gasteiger partial charge in [0, 0.05) is 6.04 Å². The lowest BCUT2D eigenvalue weighted by atomic mass is 9.92. The van der Waals surface area contributed by atoms with Crippen LogP contribution in [0.25, 0.3) is 0 Å². The van der Waals surface area contributed by atoms with Crippen LogP contribution in [0.4, 0.5) is 0 Å². The molecular weight excluding hydrogens is 172 g/mol. The Bertz CT molecular complexity index is 283. The van der Waals surface area contributed by atoms with Gasteiger partial charge >= 0.3 is 0 Å². The van der Waals surface area contributed by atoms with Gasteiger partial charge in [0.2, 0.25) is 0 Å². The Balaban J connectivity index is 2.89. The molecule has 14 heavy (non-hydrogen) atoms. The summed E-state index contributed by atoms with van der Waals surface area (Å²) in [5.74, 6) is 6.14. The first-order valence-electron chi connectivity index (χ1n) is 5.21.